The molecule has 1 aliphatic rings. The Morgan fingerprint density at radius 1 is 1.36 bits per heavy atom. The molecule has 2 aromatic rings. The summed E-state index contributed by atoms with van der Waals surface area (Å²) in [6.07, 6.45) is 2.16. The fourth-order valence-corrected chi connectivity index (χ4v) is 2.94. The molecule has 1 fully saturated rings. The second kappa shape index (κ2) is 7.86. The van der Waals surface area contributed by atoms with Gasteiger partial charge in [-0.2, -0.15) is 4.98 Å². The molecule has 0 radical (unpaired) electrons. The summed E-state index contributed by atoms with van der Waals surface area (Å²) in [6, 6.07) is 5.55. The molecule has 1 atom stereocenters. The van der Waals surface area contributed by atoms with Gasteiger partial charge in [-0.1, -0.05) is 29.3 Å². The molecule has 132 valence electrons. The van der Waals surface area contributed by atoms with Gasteiger partial charge in [0.1, 0.15) is 16.9 Å². The molecule has 0 saturated carbocycles. The highest BCUT2D eigenvalue weighted by Crippen LogP contribution is 2.30. The molecule has 1 saturated heterocycles. The van der Waals surface area contributed by atoms with Crippen LogP contribution in [0.2, 0.25) is 10.0 Å². The third-order valence-corrected chi connectivity index (χ3v) is 4.43. The van der Waals surface area contributed by atoms with Crippen molar-refractivity contribution in [3.8, 4) is 0 Å². The number of morpholine rings is 1. The molecule has 2 N–H and O–H groups in total. The number of amides is 1. The van der Waals surface area contributed by atoms with Crippen LogP contribution in [0.25, 0.3) is 0 Å². The van der Waals surface area contributed by atoms with Crippen molar-refractivity contribution in [2.45, 2.75) is 6.10 Å². The number of nitrogens with zero attached hydrogens (tertiary/aromatic N) is 3. The Hall–Kier alpha value is -2.09. The van der Waals surface area contributed by atoms with Gasteiger partial charge in [0.25, 0.3) is 0 Å². The number of nitrogens with one attached hydrogen (secondary N) is 2. The molecule has 25 heavy (non-hydrogen) atoms. The fraction of sp³-hybridized carbons (Fsp3) is 0.312. The van der Waals surface area contributed by atoms with Crippen molar-refractivity contribution >= 4 is 47.1 Å². The van der Waals surface area contributed by atoms with Crippen molar-refractivity contribution in [3.63, 3.8) is 0 Å². The fourth-order valence-electron chi connectivity index (χ4n) is 2.52. The Bertz CT molecular complexity index is 774. The smallest absolute Gasteiger partial charge is 0.229 e. The van der Waals surface area contributed by atoms with Crippen LogP contribution in [0, 0.1) is 0 Å². The first-order chi connectivity index (χ1) is 12.1. The number of hydrogen-bond acceptors (Lipinski definition) is 6. The summed E-state index contributed by atoms with van der Waals surface area (Å²) in [5.74, 6) is 0.904. The monoisotopic (exact) mass is 381 g/mol. The van der Waals surface area contributed by atoms with Gasteiger partial charge >= 0.3 is 0 Å². The van der Waals surface area contributed by atoms with Crippen molar-refractivity contribution < 1.29 is 9.53 Å². The van der Waals surface area contributed by atoms with Crippen LogP contribution in [0.1, 0.15) is 11.7 Å². The van der Waals surface area contributed by atoms with Crippen LogP contribution in [-0.4, -0.2) is 48.0 Å². The number of carbonyl (C=O) groups excluding carboxylic acids is 1. The van der Waals surface area contributed by atoms with E-state index in [4.69, 9.17) is 27.9 Å². The number of halogens is 2. The lowest BCUT2D eigenvalue weighted by Gasteiger charge is -2.30. The maximum absolute atomic E-state index is 10.9. The molecule has 0 aliphatic carbocycles. The lowest BCUT2D eigenvalue weighted by Crippen LogP contribution is -2.37. The summed E-state index contributed by atoms with van der Waals surface area (Å²) in [5, 5.41) is 6.90. The molecule has 1 aromatic carbocycles. The van der Waals surface area contributed by atoms with Gasteiger partial charge in [-0.25, -0.2) is 4.98 Å². The third kappa shape index (κ3) is 4.12. The average Bonchev–Trinajstić information content (AvgIpc) is 2.64. The van der Waals surface area contributed by atoms with E-state index >= 15 is 0 Å². The zero-order valence-electron chi connectivity index (χ0n) is 13.5. The van der Waals surface area contributed by atoms with E-state index in [1.807, 2.05) is 18.2 Å². The molecule has 2 heterocycles. The highest BCUT2D eigenvalue weighted by Gasteiger charge is 2.21. The number of aromatic nitrogens is 2. The summed E-state index contributed by atoms with van der Waals surface area (Å²) in [7, 11) is 1.73. The van der Waals surface area contributed by atoms with Gasteiger partial charge in [0, 0.05) is 13.6 Å². The molecular formula is C16H17Cl2N5O2. The first-order valence-corrected chi connectivity index (χ1v) is 8.44. The van der Waals surface area contributed by atoms with E-state index in [9.17, 15) is 4.79 Å². The lowest BCUT2D eigenvalue weighted by molar-refractivity contribution is -0.125. The highest BCUT2D eigenvalue weighted by atomic mass is 35.5. The van der Waals surface area contributed by atoms with E-state index in [1.54, 1.807) is 11.9 Å². The summed E-state index contributed by atoms with van der Waals surface area (Å²) >= 11 is 12.4. The summed E-state index contributed by atoms with van der Waals surface area (Å²) in [4.78, 5) is 21.0. The number of carbonyl (C=O) groups is 1. The predicted molar refractivity (Wildman–Crippen MR) is 97.7 cm³/mol. The second-order valence-electron chi connectivity index (χ2n) is 5.46. The quantitative estimate of drug-likeness (QED) is 0.774. The van der Waals surface area contributed by atoms with Crippen LogP contribution in [0.5, 0.6) is 0 Å². The van der Waals surface area contributed by atoms with Crippen LogP contribution in [0.15, 0.2) is 24.4 Å². The lowest BCUT2D eigenvalue weighted by atomic mass is 10.1. The highest BCUT2D eigenvalue weighted by molar-refractivity contribution is 6.33. The second-order valence-corrected chi connectivity index (χ2v) is 6.28. The van der Waals surface area contributed by atoms with Crippen LogP contribution < -0.4 is 10.6 Å². The van der Waals surface area contributed by atoms with Gasteiger partial charge in [-0.15, -0.1) is 0 Å². The van der Waals surface area contributed by atoms with Gasteiger partial charge in [0.05, 0.1) is 30.1 Å². The Kier molecular flexibility index (Phi) is 5.57. The molecule has 1 aliphatic heterocycles. The molecule has 0 bridgehead atoms. The Morgan fingerprint density at radius 3 is 2.92 bits per heavy atom. The Labute approximate surface area is 155 Å². The normalized spacial score (nSPS) is 17.2. The van der Waals surface area contributed by atoms with E-state index in [0.29, 0.717) is 47.2 Å². The van der Waals surface area contributed by atoms with E-state index in [2.05, 4.69) is 20.6 Å². The summed E-state index contributed by atoms with van der Waals surface area (Å²) < 4.78 is 5.73. The molecule has 1 aromatic heterocycles. The predicted octanol–water partition coefficient (Wildman–Crippen LogP) is 3.10. The topological polar surface area (TPSA) is 79.4 Å². The zero-order chi connectivity index (χ0) is 17.8. The number of hydrogen-bond donors (Lipinski definition) is 2. The summed E-state index contributed by atoms with van der Waals surface area (Å²) in [6.45, 7) is 1.62. The van der Waals surface area contributed by atoms with Gasteiger partial charge < -0.3 is 20.3 Å². The maximum atomic E-state index is 10.9. The van der Waals surface area contributed by atoms with Crippen molar-refractivity contribution in [2.75, 3.05) is 37.4 Å². The van der Waals surface area contributed by atoms with Gasteiger partial charge in [-0.05, 0) is 17.7 Å². The standard InChI is InChI=1S/C16H17Cl2N5O2/c1-19-15-12(18)7-20-16(22-15)21-13-3-2-10(6-11(13)17)14-8-23(9-24)4-5-25-14/h2-3,6-7,9,14H,4-5,8H2,1H3,(H2,19,20,21,22). The minimum absolute atomic E-state index is 0.187. The first kappa shape index (κ1) is 17.7. The molecule has 1 unspecified atom stereocenters. The average molecular weight is 382 g/mol. The van der Waals surface area contributed by atoms with Gasteiger partial charge in [0.2, 0.25) is 12.4 Å². The number of benzene rings is 1. The van der Waals surface area contributed by atoms with E-state index < -0.39 is 0 Å². The third-order valence-electron chi connectivity index (χ3n) is 3.84. The zero-order valence-corrected chi connectivity index (χ0v) is 15.0. The molecule has 3 rings (SSSR count). The SMILES string of the molecule is CNc1nc(Nc2ccc(C3CN(C=O)CCO3)cc2Cl)ncc1Cl. The van der Waals surface area contributed by atoms with E-state index in [0.717, 1.165) is 12.0 Å². The molecular weight excluding hydrogens is 365 g/mol. The van der Waals surface area contributed by atoms with Crippen LogP contribution in [-0.2, 0) is 9.53 Å². The van der Waals surface area contributed by atoms with Crippen molar-refractivity contribution in [1.29, 1.82) is 0 Å². The minimum Gasteiger partial charge on any atom is -0.372 e. The van der Waals surface area contributed by atoms with E-state index in [-0.39, 0.29) is 6.10 Å². The van der Waals surface area contributed by atoms with Crippen LogP contribution in [0.4, 0.5) is 17.5 Å². The molecule has 0 spiro atoms. The summed E-state index contributed by atoms with van der Waals surface area (Å²) in [5.41, 5.74) is 1.58. The van der Waals surface area contributed by atoms with Crippen molar-refractivity contribution in [3.05, 3.63) is 40.0 Å². The van der Waals surface area contributed by atoms with Gasteiger partial charge in [0.15, 0.2) is 0 Å². The van der Waals surface area contributed by atoms with Crippen LogP contribution in [0.3, 0.4) is 0 Å². The minimum atomic E-state index is -0.187. The Balaban J connectivity index is 1.77. The Morgan fingerprint density at radius 2 is 2.20 bits per heavy atom. The molecule has 7 nitrogen and oxygen atoms in total. The number of ether oxygens (including phenoxy) is 1. The van der Waals surface area contributed by atoms with Crippen LogP contribution >= 0.6 is 23.2 Å². The number of rotatable bonds is 5. The van der Waals surface area contributed by atoms with Crippen molar-refractivity contribution in [2.24, 2.45) is 0 Å². The largest absolute Gasteiger partial charge is 0.372 e. The maximum Gasteiger partial charge on any atom is 0.229 e. The molecule has 1 amide bonds. The van der Waals surface area contributed by atoms with Gasteiger partial charge in [-0.3, -0.25) is 4.79 Å². The first-order valence-electron chi connectivity index (χ1n) is 7.68. The van der Waals surface area contributed by atoms with E-state index in [1.165, 1.54) is 6.20 Å². The molecule has 9 heteroatoms. The van der Waals surface area contributed by atoms with Crippen molar-refractivity contribution in [1.82, 2.24) is 14.9 Å². The number of anilines is 3.